The van der Waals surface area contributed by atoms with Crippen molar-refractivity contribution in [1.29, 1.82) is 0 Å². The van der Waals surface area contributed by atoms with Crippen LogP contribution in [0, 0.1) is 6.92 Å². The van der Waals surface area contributed by atoms with Gasteiger partial charge < -0.3 is 9.84 Å². The van der Waals surface area contributed by atoms with Gasteiger partial charge in [0, 0.05) is 6.20 Å². The van der Waals surface area contributed by atoms with Crippen LogP contribution in [0.3, 0.4) is 0 Å². The Morgan fingerprint density at radius 1 is 1.31 bits per heavy atom. The maximum atomic E-state index is 9.55. The zero-order valence-electron chi connectivity index (χ0n) is 8.64. The predicted molar refractivity (Wildman–Crippen MR) is 64.9 cm³/mol. The van der Waals surface area contributed by atoms with Gasteiger partial charge in [-0.25, -0.2) is 4.98 Å². The maximum Gasteiger partial charge on any atom is 0.233 e. The summed E-state index contributed by atoms with van der Waals surface area (Å²) in [6.07, 6.45) is 1.71. The molecule has 0 bridgehead atoms. The normalized spacial score (nSPS) is 10.1. The lowest BCUT2D eigenvalue weighted by molar-refractivity contribution is 0.401. The quantitative estimate of drug-likeness (QED) is 0.913. The summed E-state index contributed by atoms with van der Waals surface area (Å²) in [4.78, 5) is 4.13. The number of aryl methyl sites for hydroxylation is 1. The number of halogens is 1. The molecule has 0 aliphatic carbocycles. The van der Waals surface area contributed by atoms with Gasteiger partial charge in [-0.2, -0.15) is 0 Å². The van der Waals surface area contributed by atoms with E-state index < -0.39 is 0 Å². The first-order chi connectivity index (χ1) is 7.66. The largest absolute Gasteiger partial charge is 0.504 e. The number of para-hydroxylation sites is 2. The van der Waals surface area contributed by atoms with E-state index in [1.807, 2.05) is 13.0 Å². The monoisotopic (exact) mass is 279 g/mol. The van der Waals surface area contributed by atoms with Gasteiger partial charge in [-0.3, -0.25) is 0 Å². The van der Waals surface area contributed by atoms with Crippen molar-refractivity contribution in [1.82, 2.24) is 4.98 Å². The van der Waals surface area contributed by atoms with E-state index in [-0.39, 0.29) is 5.75 Å². The van der Waals surface area contributed by atoms with Gasteiger partial charge in [0.15, 0.2) is 11.5 Å². The Hall–Kier alpha value is -1.55. The standard InChI is InChI=1S/C12H10BrNO2/c1-8-6-9(13)12(14-7-8)16-11-5-3-2-4-10(11)15/h2-7,15H,1H3. The van der Waals surface area contributed by atoms with E-state index >= 15 is 0 Å². The van der Waals surface area contributed by atoms with E-state index in [1.165, 1.54) is 0 Å². The smallest absolute Gasteiger partial charge is 0.233 e. The molecule has 1 heterocycles. The summed E-state index contributed by atoms with van der Waals surface area (Å²) in [7, 11) is 0. The van der Waals surface area contributed by atoms with Crippen molar-refractivity contribution < 1.29 is 9.84 Å². The molecule has 3 nitrogen and oxygen atoms in total. The van der Waals surface area contributed by atoms with Crippen LogP contribution in [-0.4, -0.2) is 10.1 Å². The molecular weight excluding hydrogens is 270 g/mol. The summed E-state index contributed by atoms with van der Waals surface area (Å²) in [6.45, 7) is 1.95. The Kier molecular flexibility index (Phi) is 3.10. The highest BCUT2D eigenvalue weighted by Gasteiger charge is 2.07. The molecule has 0 radical (unpaired) electrons. The molecule has 82 valence electrons. The number of rotatable bonds is 2. The number of benzene rings is 1. The average molecular weight is 280 g/mol. The van der Waals surface area contributed by atoms with Gasteiger partial charge in [0.1, 0.15) is 0 Å². The lowest BCUT2D eigenvalue weighted by Crippen LogP contribution is -1.90. The number of nitrogens with zero attached hydrogens (tertiary/aromatic N) is 1. The third-order valence-electron chi connectivity index (χ3n) is 2.02. The van der Waals surface area contributed by atoms with E-state index in [4.69, 9.17) is 4.74 Å². The topological polar surface area (TPSA) is 42.4 Å². The van der Waals surface area contributed by atoms with Crippen LogP contribution in [0.1, 0.15) is 5.56 Å². The lowest BCUT2D eigenvalue weighted by Gasteiger charge is -2.08. The van der Waals surface area contributed by atoms with Gasteiger partial charge in [0.2, 0.25) is 5.88 Å². The number of aromatic nitrogens is 1. The Morgan fingerprint density at radius 2 is 2.06 bits per heavy atom. The van der Waals surface area contributed by atoms with E-state index in [9.17, 15) is 5.11 Å². The number of phenols is 1. The third-order valence-corrected chi connectivity index (χ3v) is 2.58. The molecule has 1 aromatic heterocycles. The minimum Gasteiger partial charge on any atom is -0.504 e. The molecule has 0 fully saturated rings. The second-order valence-corrected chi connectivity index (χ2v) is 4.22. The number of pyridine rings is 1. The molecule has 16 heavy (non-hydrogen) atoms. The minimum absolute atomic E-state index is 0.0942. The molecule has 0 unspecified atom stereocenters. The second kappa shape index (κ2) is 4.53. The van der Waals surface area contributed by atoms with Crippen molar-refractivity contribution in [3.63, 3.8) is 0 Å². The molecule has 4 heteroatoms. The average Bonchev–Trinajstić information content (AvgIpc) is 2.25. The first-order valence-electron chi connectivity index (χ1n) is 4.75. The third kappa shape index (κ3) is 2.33. The molecule has 0 atom stereocenters. The Balaban J connectivity index is 2.31. The van der Waals surface area contributed by atoms with Crippen LogP contribution in [0.15, 0.2) is 41.0 Å². The van der Waals surface area contributed by atoms with Crippen molar-refractivity contribution in [2.75, 3.05) is 0 Å². The fraction of sp³-hybridized carbons (Fsp3) is 0.0833. The van der Waals surface area contributed by atoms with Crippen molar-refractivity contribution in [2.24, 2.45) is 0 Å². The van der Waals surface area contributed by atoms with Crippen LogP contribution in [0.25, 0.3) is 0 Å². The fourth-order valence-corrected chi connectivity index (χ4v) is 1.79. The number of aromatic hydroxyl groups is 1. The van der Waals surface area contributed by atoms with E-state index in [1.54, 1.807) is 30.5 Å². The maximum absolute atomic E-state index is 9.55. The van der Waals surface area contributed by atoms with E-state index in [0.29, 0.717) is 11.6 Å². The van der Waals surface area contributed by atoms with Gasteiger partial charge in [-0.05, 0) is 46.6 Å². The summed E-state index contributed by atoms with van der Waals surface area (Å²) in [5.74, 6) is 0.920. The minimum atomic E-state index is 0.0942. The molecule has 1 aromatic carbocycles. The number of phenolic OH excluding ortho intramolecular Hbond substituents is 1. The molecule has 0 spiro atoms. The zero-order chi connectivity index (χ0) is 11.5. The van der Waals surface area contributed by atoms with Crippen molar-refractivity contribution in [3.8, 4) is 17.4 Å². The highest BCUT2D eigenvalue weighted by Crippen LogP contribution is 2.32. The summed E-state index contributed by atoms with van der Waals surface area (Å²) in [6, 6.07) is 8.68. The zero-order valence-corrected chi connectivity index (χ0v) is 10.2. The van der Waals surface area contributed by atoms with Crippen molar-refractivity contribution in [3.05, 3.63) is 46.6 Å². The molecule has 1 N–H and O–H groups in total. The molecule has 0 aliphatic rings. The molecular formula is C12H10BrNO2. The number of ether oxygens (including phenoxy) is 1. The van der Waals surface area contributed by atoms with Gasteiger partial charge in [-0.1, -0.05) is 12.1 Å². The Bertz CT molecular complexity index is 514. The van der Waals surface area contributed by atoms with Crippen LogP contribution in [0.5, 0.6) is 17.4 Å². The van der Waals surface area contributed by atoms with Crippen molar-refractivity contribution >= 4 is 15.9 Å². The van der Waals surface area contributed by atoms with Gasteiger partial charge in [0.25, 0.3) is 0 Å². The van der Waals surface area contributed by atoms with Crippen LogP contribution in [0.2, 0.25) is 0 Å². The molecule has 0 amide bonds. The molecule has 0 saturated carbocycles. The summed E-state index contributed by atoms with van der Waals surface area (Å²) in [5.41, 5.74) is 1.04. The van der Waals surface area contributed by atoms with Gasteiger partial charge in [-0.15, -0.1) is 0 Å². The first kappa shape index (κ1) is 11.0. The second-order valence-electron chi connectivity index (χ2n) is 3.37. The summed E-state index contributed by atoms with van der Waals surface area (Å²) in [5, 5.41) is 9.55. The van der Waals surface area contributed by atoms with Crippen LogP contribution >= 0.6 is 15.9 Å². The highest BCUT2D eigenvalue weighted by atomic mass is 79.9. The first-order valence-corrected chi connectivity index (χ1v) is 5.54. The number of hydrogen-bond acceptors (Lipinski definition) is 3. The Labute approximate surface area is 102 Å². The number of hydrogen-bond donors (Lipinski definition) is 1. The predicted octanol–water partition coefficient (Wildman–Crippen LogP) is 3.65. The highest BCUT2D eigenvalue weighted by molar-refractivity contribution is 9.10. The SMILES string of the molecule is Cc1cnc(Oc2ccccc2O)c(Br)c1. The lowest BCUT2D eigenvalue weighted by atomic mass is 10.3. The molecule has 0 saturated heterocycles. The van der Waals surface area contributed by atoms with E-state index in [2.05, 4.69) is 20.9 Å². The molecule has 2 rings (SSSR count). The van der Waals surface area contributed by atoms with E-state index in [0.717, 1.165) is 10.0 Å². The summed E-state index contributed by atoms with van der Waals surface area (Å²) >= 11 is 3.36. The van der Waals surface area contributed by atoms with Crippen molar-refractivity contribution in [2.45, 2.75) is 6.92 Å². The molecule has 2 aromatic rings. The van der Waals surface area contributed by atoms with Gasteiger partial charge in [0.05, 0.1) is 4.47 Å². The molecule has 0 aliphatic heterocycles. The fourth-order valence-electron chi connectivity index (χ4n) is 1.24. The van der Waals surface area contributed by atoms with Crippen LogP contribution in [0.4, 0.5) is 0 Å². The Morgan fingerprint density at radius 3 is 2.75 bits per heavy atom. The van der Waals surface area contributed by atoms with Gasteiger partial charge >= 0.3 is 0 Å². The summed E-state index contributed by atoms with van der Waals surface area (Å²) < 4.78 is 6.25. The van der Waals surface area contributed by atoms with Crippen LogP contribution < -0.4 is 4.74 Å². The van der Waals surface area contributed by atoms with Crippen LogP contribution in [-0.2, 0) is 0 Å².